The van der Waals surface area contributed by atoms with Crippen LogP contribution in [0, 0.1) is 24.0 Å². The van der Waals surface area contributed by atoms with E-state index >= 15 is 0 Å². The molecule has 0 radical (unpaired) electrons. The Bertz CT molecular complexity index is 863. The number of carbonyl (C=O) groups is 2. The lowest BCUT2D eigenvalue weighted by Crippen LogP contribution is -2.21. The molecule has 0 fully saturated rings. The number of nitro groups is 1. The zero-order valence-electron chi connectivity index (χ0n) is 14.6. The average molecular weight is 358 g/mol. The maximum atomic E-state index is 12.1. The zero-order valence-corrected chi connectivity index (χ0v) is 14.6. The van der Waals surface area contributed by atoms with E-state index in [2.05, 4.69) is 10.1 Å². The van der Waals surface area contributed by atoms with E-state index in [1.165, 1.54) is 25.3 Å². The summed E-state index contributed by atoms with van der Waals surface area (Å²) in [5.74, 6) is -0.726. The van der Waals surface area contributed by atoms with Crippen LogP contribution in [0.2, 0.25) is 0 Å². The Kier molecular flexibility index (Phi) is 5.90. The Balaban J connectivity index is 2.08. The van der Waals surface area contributed by atoms with Gasteiger partial charge in [-0.05, 0) is 43.2 Å². The van der Waals surface area contributed by atoms with Gasteiger partial charge in [-0.3, -0.25) is 14.9 Å². The molecule has 0 bridgehead atoms. The average Bonchev–Trinajstić information content (AvgIpc) is 2.61. The molecule has 0 saturated carbocycles. The number of aryl methyl sites for hydroxylation is 2. The van der Waals surface area contributed by atoms with E-state index < -0.39 is 16.8 Å². The molecule has 0 atom stereocenters. The van der Waals surface area contributed by atoms with Crippen LogP contribution in [-0.2, 0) is 9.53 Å². The molecule has 26 heavy (non-hydrogen) atoms. The summed E-state index contributed by atoms with van der Waals surface area (Å²) in [7, 11) is 1.27. The van der Waals surface area contributed by atoms with Crippen molar-refractivity contribution in [2.24, 2.45) is 0 Å². The Morgan fingerprint density at radius 1 is 1.15 bits per heavy atom. The molecule has 0 spiro atoms. The summed E-state index contributed by atoms with van der Waals surface area (Å²) in [4.78, 5) is 34.2. The van der Waals surface area contributed by atoms with Crippen molar-refractivity contribution in [3.05, 3.63) is 63.2 Å². The van der Waals surface area contributed by atoms with Crippen LogP contribution in [0.4, 0.5) is 11.4 Å². The van der Waals surface area contributed by atoms with E-state index in [9.17, 15) is 19.7 Å². The van der Waals surface area contributed by atoms with Gasteiger partial charge in [0.2, 0.25) is 0 Å². The third kappa shape index (κ3) is 4.56. The molecule has 0 heterocycles. The summed E-state index contributed by atoms with van der Waals surface area (Å²) < 4.78 is 10.1. The first-order valence-corrected chi connectivity index (χ1v) is 7.68. The summed E-state index contributed by atoms with van der Waals surface area (Å²) in [6.45, 7) is 3.12. The lowest BCUT2D eigenvalue weighted by atomic mass is 10.1. The number of esters is 1. The van der Waals surface area contributed by atoms with Crippen molar-refractivity contribution >= 4 is 23.3 Å². The quantitative estimate of drug-likeness (QED) is 0.483. The molecule has 2 aromatic rings. The van der Waals surface area contributed by atoms with Crippen LogP contribution in [0.1, 0.15) is 21.5 Å². The number of hydrogen-bond acceptors (Lipinski definition) is 6. The van der Waals surface area contributed by atoms with Crippen molar-refractivity contribution in [2.75, 3.05) is 19.0 Å². The van der Waals surface area contributed by atoms with E-state index in [0.29, 0.717) is 16.9 Å². The normalized spacial score (nSPS) is 10.1. The second-order valence-electron chi connectivity index (χ2n) is 5.59. The molecule has 8 nitrogen and oxygen atoms in total. The van der Waals surface area contributed by atoms with Crippen LogP contribution in [0.15, 0.2) is 36.4 Å². The molecule has 1 amide bonds. The first kappa shape index (κ1) is 18.9. The van der Waals surface area contributed by atoms with Gasteiger partial charge < -0.3 is 14.8 Å². The predicted molar refractivity (Wildman–Crippen MR) is 94.5 cm³/mol. The Labute approximate surface area is 149 Å². The number of hydrogen-bond donors (Lipinski definition) is 1. The fourth-order valence-corrected chi connectivity index (χ4v) is 2.23. The number of nitrogens with one attached hydrogen (secondary N) is 1. The van der Waals surface area contributed by atoms with Gasteiger partial charge in [0.05, 0.1) is 17.6 Å². The lowest BCUT2D eigenvalue weighted by molar-refractivity contribution is -0.384. The van der Waals surface area contributed by atoms with Gasteiger partial charge in [-0.1, -0.05) is 12.1 Å². The third-order valence-electron chi connectivity index (χ3n) is 3.59. The van der Waals surface area contributed by atoms with Crippen molar-refractivity contribution in [3.63, 3.8) is 0 Å². The Morgan fingerprint density at radius 3 is 2.54 bits per heavy atom. The van der Waals surface area contributed by atoms with Gasteiger partial charge in [0, 0.05) is 6.07 Å². The topological polar surface area (TPSA) is 108 Å². The second kappa shape index (κ2) is 8.11. The zero-order chi connectivity index (χ0) is 19.3. The fraction of sp³-hybridized carbons (Fsp3) is 0.222. The number of nitro benzene ring substituents is 1. The highest BCUT2D eigenvalue weighted by atomic mass is 16.6. The summed E-state index contributed by atoms with van der Waals surface area (Å²) in [6.07, 6.45) is 0. The predicted octanol–water partition coefficient (Wildman–Crippen LogP) is 3.02. The molecule has 8 heteroatoms. The van der Waals surface area contributed by atoms with E-state index in [4.69, 9.17) is 4.74 Å². The van der Waals surface area contributed by atoms with Crippen LogP contribution in [0.5, 0.6) is 5.75 Å². The lowest BCUT2D eigenvalue weighted by Gasteiger charge is -2.11. The number of rotatable bonds is 6. The van der Waals surface area contributed by atoms with E-state index in [0.717, 1.165) is 5.56 Å². The maximum Gasteiger partial charge on any atom is 0.337 e. The van der Waals surface area contributed by atoms with Crippen LogP contribution in [-0.4, -0.2) is 30.5 Å². The van der Waals surface area contributed by atoms with Gasteiger partial charge in [0.15, 0.2) is 6.61 Å². The maximum absolute atomic E-state index is 12.1. The molecule has 0 aliphatic carbocycles. The Hall–Kier alpha value is -3.42. The van der Waals surface area contributed by atoms with Crippen molar-refractivity contribution in [1.29, 1.82) is 0 Å². The molecule has 0 unspecified atom stereocenters. The minimum Gasteiger partial charge on any atom is -0.483 e. The van der Waals surface area contributed by atoms with E-state index in [-0.39, 0.29) is 18.0 Å². The molecule has 0 aliphatic heterocycles. The molecule has 2 rings (SSSR count). The molecular formula is C18H18N2O6. The number of ether oxygens (including phenoxy) is 2. The highest BCUT2D eigenvalue weighted by Gasteiger charge is 2.17. The molecule has 1 N–H and O–H groups in total. The highest BCUT2D eigenvalue weighted by Crippen LogP contribution is 2.25. The van der Waals surface area contributed by atoms with Crippen molar-refractivity contribution < 1.29 is 24.0 Å². The highest BCUT2D eigenvalue weighted by molar-refractivity contribution is 5.94. The van der Waals surface area contributed by atoms with Crippen LogP contribution in [0.3, 0.4) is 0 Å². The van der Waals surface area contributed by atoms with Crippen LogP contribution < -0.4 is 10.1 Å². The van der Waals surface area contributed by atoms with Gasteiger partial charge in [-0.2, -0.15) is 0 Å². The fourth-order valence-electron chi connectivity index (χ4n) is 2.23. The molecule has 2 aromatic carbocycles. The van der Waals surface area contributed by atoms with Crippen molar-refractivity contribution in [3.8, 4) is 5.75 Å². The number of amides is 1. The largest absolute Gasteiger partial charge is 0.483 e. The number of carbonyl (C=O) groups excluding carboxylic acids is 2. The number of benzene rings is 2. The van der Waals surface area contributed by atoms with Gasteiger partial charge >= 0.3 is 5.97 Å². The van der Waals surface area contributed by atoms with Crippen molar-refractivity contribution in [2.45, 2.75) is 13.8 Å². The first-order chi connectivity index (χ1) is 12.3. The van der Waals surface area contributed by atoms with Crippen molar-refractivity contribution in [1.82, 2.24) is 0 Å². The standard InChI is InChI=1S/C18H18N2O6/c1-11-4-7-14(15(8-11)20(23)24)19-17(21)10-26-16-9-13(18(22)25-3)6-5-12(16)2/h4-9H,10H2,1-3H3,(H,19,21). The van der Waals surface area contributed by atoms with Gasteiger partial charge in [-0.25, -0.2) is 4.79 Å². The first-order valence-electron chi connectivity index (χ1n) is 7.68. The minimum absolute atomic E-state index is 0.0919. The summed E-state index contributed by atoms with van der Waals surface area (Å²) >= 11 is 0. The molecule has 136 valence electrons. The molecule has 0 aromatic heterocycles. The van der Waals surface area contributed by atoms with Gasteiger partial charge in [-0.15, -0.1) is 0 Å². The van der Waals surface area contributed by atoms with Crippen LogP contribution in [0.25, 0.3) is 0 Å². The summed E-state index contributed by atoms with van der Waals surface area (Å²) in [5.41, 5.74) is 1.63. The molecule has 0 saturated heterocycles. The Morgan fingerprint density at radius 2 is 1.88 bits per heavy atom. The number of methoxy groups -OCH3 is 1. The number of nitrogens with zero attached hydrogens (tertiary/aromatic N) is 1. The van der Waals surface area contributed by atoms with E-state index in [1.807, 2.05) is 0 Å². The second-order valence-corrected chi connectivity index (χ2v) is 5.59. The molecule has 0 aliphatic rings. The molecular weight excluding hydrogens is 340 g/mol. The van der Waals surface area contributed by atoms with E-state index in [1.54, 1.807) is 32.0 Å². The van der Waals surface area contributed by atoms with Crippen LogP contribution >= 0.6 is 0 Å². The minimum atomic E-state index is -0.562. The van der Waals surface area contributed by atoms with Gasteiger partial charge in [0.1, 0.15) is 11.4 Å². The monoisotopic (exact) mass is 358 g/mol. The third-order valence-corrected chi connectivity index (χ3v) is 3.59. The SMILES string of the molecule is COC(=O)c1ccc(C)c(OCC(=O)Nc2ccc(C)cc2[N+](=O)[O-])c1. The summed E-state index contributed by atoms with van der Waals surface area (Å²) in [5, 5.41) is 13.5. The number of anilines is 1. The van der Waals surface area contributed by atoms with Gasteiger partial charge in [0.25, 0.3) is 11.6 Å². The summed E-state index contributed by atoms with van der Waals surface area (Å²) in [6, 6.07) is 9.24. The smallest absolute Gasteiger partial charge is 0.337 e.